The predicted octanol–water partition coefficient (Wildman–Crippen LogP) is 6.65. The van der Waals surface area contributed by atoms with E-state index in [1.807, 2.05) is 36.2 Å². The van der Waals surface area contributed by atoms with Gasteiger partial charge in [0.25, 0.3) is 0 Å². The summed E-state index contributed by atoms with van der Waals surface area (Å²) in [5.74, 6) is -0.940. The van der Waals surface area contributed by atoms with Crippen molar-refractivity contribution in [1.29, 1.82) is 0 Å². The van der Waals surface area contributed by atoms with Crippen molar-refractivity contribution in [2.45, 2.75) is 64.2 Å². The average molecular weight is 593 g/mol. The Kier molecular flexibility index (Phi) is 10.1. The third-order valence-corrected chi connectivity index (χ3v) is 7.89. The minimum absolute atomic E-state index is 0.152. The van der Waals surface area contributed by atoms with Crippen molar-refractivity contribution < 1.29 is 31.5 Å². The Morgan fingerprint density at radius 1 is 1.05 bits per heavy atom. The molecule has 1 heterocycles. The van der Waals surface area contributed by atoms with E-state index in [1.54, 1.807) is 12.0 Å². The fraction of sp³-hybridized carbons (Fsp3) is 0.484. The first kappa shape index (κ1) is 31.3. The number of likely N-dealkylation sites (N-methyl/N-ethyl adjacent to an activating group) is 1. The molecule has 1 saturated carbocycles. The summed E-state index contributed by atoms with van der Waals surface area (Å²) in [5.41, 5.74) is 0.385. The summed E-state index contributed by atoms with van der Waals surface area (Å²) in [6.07, 6.45) is 0.558. The normalized spacial score (nSPS) is 15.0. The molecule has 2 aromatic carbocycles. The van der Waals surface area contributed by atoms with Crippen LogP contribution in [0.3, 0.4) is 0 Å². The number of alkyl halides is 3. The van der Waals surface area contributed by atoms with E-state index in [-0.39, 0.29) is 24.6 Å². The molecule has 1 aliphatic rings. The second-order valence-electron chi connectivity index (χ2n) is 11.1. The van der Waals surface area contributed by atoms with Gasteiger partial charge < -0.3 is 14.5 Å². The van der Waals surface area contributed by atoms with Crippen LogP contribution in [0.15, 0.2) is 48.5 Å². The Hall–Kier alpha value is -3.63. The fourth-order valence-corrected chi connectivity index (χ4v) is 5.66. The molecule has 1 fully saturated rings. The van der Waals surface area contributed by atoms with Crippen molar-refractivity contribution in [3.8, 4) is 5.75 Å². The summed E-state index contributed by atoms with van der Waals surface area (Å²) in [6.45, 7) is 1.80. The molecule has 6 nitrogen and oxygen atoms in total. The second kappa shape index (κ2) is 13.6. The zero-order valence-corrected chi connectivity index (χ0v) is 24.1. The van der Waals surface area contributed by atoms with E-state index in [0.29, 0.717) is 24.4 Å². The van der Waals surface area contributed by atoms with Crippen LogP contribution in [0.5, 0.6) is 5.75 Å². The van der Waals surface area contributed by atoms with Crippen LogP contribution in [0.4, 0.5) is 27.6 Å². The Morgan fingerprint density at radius 2 is 1.69 bits per heavy atom. The van der Waals surface area contributed by atoms with E-state index in [0.717, 1.165) is 54.6 Å². The second-order valence-corrected chi connectivity index (χ2v) is 11.1. The van der Waals surface area contributed by atoms with Crippen molar-refractivity contribution in [3.05, 3.63) is 77.1 Å². The zero-order valence-electron chi connectivity index (χ0n) is 24.1. The SMILES string of the molecule is COc1ccc(N(C)CC(Cc2cc(F)cc(F)c2)N(CC2CCCCC2)C(=O)Cn2nc(C(F)(F)F)cc2C)cc1. The molecule has 1 amide bonds. The van der Waals surface area contributed by atoms with Gasteiger partial charge in [0.1, 0.15) is 23.9 Å². The fourth-order valence-electron chi connectivity index (χ4n) is 5.66. The number of amides is 1. The molecule has 42 heavy (non-hydrogen) atoms. The van der Waals surface area contributed by atoms with Gasteiger partial charge in [0, 0.05) is 37.6 Å². The number of anilines is 1. The molecular weight excluding hydrogens is 555 g/mol. The molecule has 0 bridgehead atoms. The lowest BCUT2D eigenvalue weighted by atomic mass is 9.88. The number of aryl methyl sites for hydroxylation is 1. The van der Waals surface area contributed by atoms with E-state index < -0.39 is 35.5 Å². The first-order chi connectivity index (χ1) is 19.9. The van der Waals surface area contributed by atoms with E-state index >= 15 is 0 Å². The highest BCUT2D eigenvalue weighted by Gasteiger charge is 2.35. The van der Waals surface area contributed by atoms with Crippen LogP contribution < -0.4 is 9.64 Å². The molecule has 228 valence electrons. The third kappa shape index (κ3) is 8.23. The van der Waals surface area contributed by atoms with Gasteiger partial charge in [-0.25, -0.2) is 8.78 Å². The minimum Gasteiger partial charge on any atom is -0.497 e. The van der Waals surface area contributed by atoms with Gasteiger partial charge in [0.2, 0.25) is 5.91 Å². The van der Waals surface area contributed by atoms with Crippen LogP contribution in [0.1, 0.15) is 49.1 Å². The number of rotatable bonds is 11. The smallest absolute Gasteiger partial charge is 0.435 e. The standard InChI is InChI=1S/C31H37F5N4O2/c1-21-13-29(31(34,35)36)37-40(21)20-30(41)39(18-22-7-5-4-6-8-22)27(16-23-14-24(32)17-25(33)15-23)19-38(2)26-9-11-28(42-3)12-10-26/h9-15,17,22,27H,4-8,16,18-20H2,1-3H3. The van der Waals surface area contributed by atoms with Gasteiger partial charge in [-0.15, -0.1) is 0 Å². The Bertz CT molecular complexity index is 1320. The number of methoxy groups -OCH3 is 1. The highest BCUT2D eigenvalue weighted by Crippen LogP contribution is 2.30. The van der Waals surface area contributed by atoms with E-state index in [1.165, 1.54) is 19.1 Å². The van der Waals surface area contributed by atoms with Gasteiger partial charge >= 0.3 is 6.18 Å². The largest absolute Gasteiger partial charge is 0.497 e. The number of nitrogens with zero attached hydrogens (tertiary/aromatic N) is 4. The quantitative estimate of drug-likeness (QED) is 0.234. The monoisotopic (exact) mass is 592 g/mol. The number of halogens is 5. The molecule has 1 aliphatic carbocycles. The molecule has 0 radical (unpaired) electrons. The van der Waals surface area contributed by atoms with Crippen LogP contribution in [0, 0.1) is 24.5 Å². The molecule has 3 aromatic rings. The predicted molar refractivity (Wildman–Crippen MR) is 150 cm³/mol. The van der Waals surface area contributed by atoms with Crippen LogP contribution >= 0.6 is 0 Å². The van der Waals surface area contributed by atoms with Crippen molar-refractivity contribution in [2.75, 3.05) is 32.1 Å². The van der Waals surface area contributed by atoms with Gasteiger partial charge in [-0.1, -0.05) is 19.3 Å². The molecule has 1 unspecified atom stereocenters. The Balaban J connectivity index is 1.68. The number of hydrogen-bond acceptors (Lipinski definition) is 4. The number of carbonyl (C=O) groups excluding carboxylic acids is 1. The molecular formula is C31H37F5N4O2. The molecule has 0 spiro atoms. The van der Waals surface area contributed by atoms with Gasteiger partial charge in [-0.05, 0) is 80.1 Å². The van der Waals surface area contributed by atoms with Crippen LogP contribution in [0.2, 0.25) is 0 Å². The summed E-state index contributed by atoms with van der Waals surface area (Å²) in [5, 5.41) is 3.66. The van der Waals surface area contributed by atoms with Crippen LogP contribution in [0.25, 0.3) is 0 Å². The lowest BCUT2D eigenvalue weighted by molar-refractivity contribution is -0.142. The number of hydrogen-bond donors (Lipinski definition) is 0. The maximum Gasteiger partial charge on any atom is 0.435 e. The topological polar surface area (TPSA) is 50.6 Å². The summed E-state index contributed by atoms with van der Waals surface area (Å²) >= 11 is 0. The maximum atomic E-state index is 14.2. The molecule has 11 heteroatoms. The number of carbonyl (C=O) groups is 1. The van der Waals surface area contributed by atoms with E-state index in [2.05, 4.69) is 5.10 Å². The minimum atomic E-state index is -4.63. The summed E-state index contributed by atoms with van der Waals surface area (Å²) in [6, 6.07) is 11.0. The first-order valence-corrected chi connectivity index (χ1v) is 14.1. The van der Waals surface area contributed by atoms with Crippen molar-refractivity contribution in [1.82, 2.24) is 14.7 Å². The number of aromatic nitrogens is 2. The zero-order chi connectivity index (χ0) is 30.4. The summed E-state index contributed by atoms with van der Waals surface area (Å²) in [4.78, 5) is 17.6. The van der Waals surface area contributed by atoms with Crippen molar-refractivity contribution in [2.24, 2.45) is 5.92 Å². The number of benzene rings is 2. The summed E-state index contributed by atoms with van der Waals surface area (Å²) < 4.78 is 74.7. The van der Waals surface area contributed by atoms with Crippen LogP contribution in [-0.2, 0) is 23.9 Å². The third-order valence-electron chi connectivity index (χ3n) is 7.89. The van der Waals surface area contributed by atoms with Crippen molar-refractivity contribution in [3.63, 3.8) is 0 Å². The Labute approximate surface area is 243 Å². The number of ether oxygens (including phenoxy) is 1. The van der Waals surface area contributed by atoms with Gasteiger partial charge in [0.05, 0.1) is 13.2 Å². The van der Waals surface area contributed by atoms with Gasteiger partial charge in [-0.3, -0.25) is 9.48 Å². The molecule has 1 aromatic heterocycles. The van der Waals surface area contributed by atoms with E-state index in [4.69, 9.17) is 4.74 Å². The molecule has 0 N–H and O–H groups in total. The lowest BCUT2D eigenvalue weighted by Crippen LogP contribution is -2.50. The average Bonchev–Trinajstić information content (AvgIpc) is 3.31. The highest BCUT2D eigenvalue weighted by atomic mass is 19.4. The molecule has 4 rings (SSSR count). The molecule has 0 aliphatic heterocycles. The van der Waals surface area contributed by atoms with Crippen molar-refractivity contribution >= 4 is 11.6 Å². The highest BCUT2D eigenvalue weighted by molar-refractivity contribution is 5.76. The van der Waals surface area contributed by atoms with Gasteiger partial charge in [0.15, 0.2) is 5.69 Å². The van der Waals surface area contributed by atoms with E-state index in [9.17, 15) is 26.7 Å². The van der Waals surface area contributed by atoms with Crippen LogP contribution in [-0.4, -0.2) is 53.9 Å². The molecule has 1 atom stereocenters. The molecule has 0 saturated heterocycles. The lowest BCUT2D eigenvalue weighted by Gasteiger charge is -2.38. The Morgan fingerprint density at radius 3 is 2.26 bits per heavy atom. The van der Waals surface area contributed by atoms with Gasteiger partial charge in [-0.2, -0.15) is 18.3 Å². The summed E-state index contributed by atoms with van der Waals surface area (Å²) in [7, 11) is 3.43. The first-order valence-electron chi connectivity index (χ1n) is 14.1. The maximum absolute atomic E-state index is 14.2.